The van der Waals surface area contributed by atoms with Crippen LogP contribution in [0.3, 0.4) is 0 Å². The summed E-state index contributed by atoms with van der Waals surface area (Å²) < 4.78 is 0. The summed E-state index contributed by atoms with van der Waals surface area (Å²) in [7, 11) is 0. The van der Waals surface area contributed by atoms with Gasteiger partial charge in [0.2, 0.25) is 11.8 Å². The van der Waals surface area contributed by atoms with Gasteiger partial charge >= 0.3 is 0 Å². The molecule has 0 bridgehead atoms. The van der Waals surface area contributed by atoms with E-state index in [0.717, 1.165) is 37.6 Å². The van der Waals surface area contributed by atoms with Crippen LogP contribution in [0.4, 0.5) is 11.4 Å². The molecule has 0 spiro atoms. The molecule has 0 aromatic heterocycles. The Labute approximate surface area is 154 Å². The number of nitrogens with one attached hydrogen (secondary N) is 2. The maximum absolute atomic E-state index is 11.8. The molecule has 6 nitrogen and oxygen atoms in total. The summed E-state index contributed by atoms with van der Waals surface area (Å²) in [6.07, 6.45) is 0.544. The van der Waals surface area contributed by atoms with Crippen LogP contribution in [0.15, 0.2) is 24.3 Å². The van der Waals surface area contributed by atoms with Crippen LogP contribution >= 0.6 is 12.2 Å². The lowest BCUT2D eigenvalue weighted by Crippen LogP contribution is -2.48. The van der Waals surface area contributed by atoms with Gasteiger partial charge in [0.15, 0.2) is 5.11 Å². The van der Waals surface area contributed by atoms with Gasteiger partial charge in [0.05, 0.1) is 11.4 Å². The predicted octanol–water partition coefficient (Wildman–Crippen LogP) is 2.21. The molecule has 1 aliphatic rings. The van der Waals surface area contributed by atoms with Crippen LogP contribution in [-0.2, 0) is 9.59 Å². The number of amides is 2. The van der Waals surface area contributed by atoms with E-state index >= 15 is 0 Å². The van der Waals surface area contributed by atoms with E-state index in [1.54, 1.807) is 0 Å². The molecular weight excluding hydrogens is 336 g/mol. The molecule has 2 rings (SSSR count). The van der Waals surface area contributed by atoms with Crippen LogP contribution in [0.5, 0.6) is 0 Å². The Morgan fingerprint density at radius 3 is 2.40 bits per heavy atom. The first-order valence-corrected chi connectivity index (χ1v) is 9.06. The maximum atomic E-state index is 11.8. The summed E-state index contributed by atoms with van der Waals surface area (Å²) in [6, 6.07) is 7.86. The second-order valence-electron chi connectivity index (χ2n) is 6.34. The molecule has 2 amide bonds. The van der Waals surface area contributed by atoms with E-state index in [4.69, 9.17) is 12.2 Å². The molecule has 1 fully saturated rings. The second-order valence-corrected chi connectivity index (χ2v) is 6.74. The summed E-state index contributed by atoms with van der Waals surface area (Å²) in [5.41, 5.74) is 1.87. The van der Waals surface area contributed by atoms with Crippen molar-refractivity contribution in [2.45, 2.75) is 27.2 Å². The van der Waals surface area contributed by atoms with E-state index < -0.39 is 0 Å². The summed E-state index contributed by atoms with van der Waals surface area (Å²) in [6.45, 7) is 8.52. The molecule has 1 heterocycles. The summed E-state index contributed by atoms with van der Waals surface area (Å²) in [5, 5.41) is 6.11. The van der Waals surface area contributed by atoms with E-state index in [1.165, 1.54) is 0 Å². The molecule has 0 saturated carbocycles. The highest BCUT2D eigenvalue weighted by atomic mass is 32.1. The number of piperazine rings is 1. The molecule has 1 aromatic carbocycles. The van der Waals surface area contributed by atoms with Gasteiger partial charge in [0.1, 0.15) is 0 Å². The van der Waals surface area contributed by atoms with E-state index in [2.05, 4.69) is 15.5 Å². The van der Waals surface area contributed by atoms with Gasteiger partial charge in [0, 0.05) is 38.5 Å². The van der Waals surface area contributed by atoms with Crippen molar-refractivity contribution in [3.8, 4) is 0 Å². The fourth-order valence-corrected chi connectivity index (χ4v) is 2.90. The summed E-state index contributed by atoms with van der Waals surface area (Å²) in [4.78, 5) is 27.7. The largest absolute Gasteiger partial charge is 0.366 e. The normalized spacial score (nSPS) is 14.4. The molecule has 0 unspecified atom stereocenters. The first-order valence-electron chi connectivity index (χ1n) is 8.66. The average molecular weight is 362 g/mol. The molecular formula is C18H26N4O2S. The lowest BCUT2D eigenvalue weighted by atomic mass is 10.2. The monoisotopic (exact) mass is 362 g/mol. The van der Waals surface area contributed by atoms with Gasteiger partial charge in [-0.3, -0.25) is 9.59 Å². The van der Waals surface area contributed by atoms with Crippen molar-refractivity contribution >= 4 is 40.5 Å². The van der Waals surface area contributed by atoms with Crippen LogP contribution in [0.2, 0.25) is 0 Å². The van der Waals surface area contributed by atoms with Crippen molar-refractivity contribution in [2.24, 2.45) is 5.92 Å². The molecule has 136 valence electrons. The average Bonchev–Trinajstić information content (AvgIpc) is 2.61. The standard InChI is InChI=1S/C18H26N4O2S/c1-4-16(23)22-11-9-21(10-12-22)15-8-6-5-7-14(15)19-18(25)20-17(24)13(2)3/h5-8,13H,4,9-12H2,1-3H3,(H2,19,20,24,25). The van der Waals surface area contributed by atoms with Gasteiger partial charge in [-0.15, -0.1) is 0 Å². The number of rotatable bonds is 4. The predicted molar refractivity (Wildman–Crippen MR) is 105 cm³/mol. The van der Waals surface area contributed by atoms with Gasteiger partial charge in [-0.2, -0.15) is 0 Å². The zero-order valence-corrected chi connectivity index (χ0v) is 15.9. The Kier molecular flexibility index (Phi) is 6.75. The fourth-order valence-electron chi connectivity index (χ4n) is 2.69. The van der Waals surface area contributed by atoms with Crippen molar-refractivity contribution in [2.75, 3.05) is 36.4 Å². The minimum atomic E-state index is -0.126. The first kappa shape index (κ1) is 19.2. The van der Waals surface area contributed by atoms with E-state index in [1.807, 2.05) is 49.9 Å². The van der Waals surface area contributed by atoms with Gasteiger partial charge in [-0.1, -0.05) is 32.9 Å². The minimum Gasteiger partial charge on any atom is -0.366 e. The SMILES string of the molecule is CCC(=O)N1CCN(c2ccccc2NC(=S)NC(=O)C(C)C)CC1. The third-order valence-electron chi connectivity index (χ3n) is 4.19. The molecule has 25 heavy (non-hydrogen) atoms. The number of thiocarbonyl (C=S) groups is 1. The topological polar surface area (TPSA) is 64.7 Å². The number of benzene rings is 1. The zero-order chi connectivity index (χ0) is 18.4. The van der Waals surface area contributed by atoms with E-state index in [0.29, 0.717) is 11.5 Å². The Morgan fingerprint density at radius 2 is 1.80 bits per heavy atom. The van der Waals surface area contributed by atoms with Crippen LogP contribution in [0.1, 0.15) is 27.2 Å². The zero-order valence-electron chi connectivity index (χ0n) is 15.0. The highest BCUT2D eigenvalue weighted by molar-refractivity contribution is 7.80. The number of nitrogens with zero attached hydrogens (tertiary/aromatic N) is 2. The third-order valence-corrected chi connectivity index (χ3v) is 4.39. The lowest BCUT2D eigenvalue weighted by Gasteiger charge is -2.37. The number of carbonyl (C=O) groups excluding carboxylic acids is 2. The van der Waals surface area contributed by atoms with Gasteiger partial charge in [-0.05, 0) is 24.4 Å². The molecule has 1 saturated heterocycles. The molecule has 0 aliphatic carbocycles. The molecule has 1 aromatic rings. The minimum absolute atomic E-state index is 0.110. The van der Waals surface area contributed by atoms with Crippen molar-refractivity contribution < 1.29 is 9.59 Å². The second kappa shape index (κ2) is 8.80. The van der Waals surface area contributed by atoms with Crippen LogP contribution in [0, 0.1) is 5.92 Å². The molecule has 7 heteroatoms. The number of hydrogen-bond donors (Lipinski definition) is 2. The van der Waals surface area contributed by atoms with Crippen molar-refractivity contribution in [1.29, 1.82) is 0 Å². The third kappa shape index (κ3) is 5.16. The van der Waals surface area contributed by atoms with Gasteiger partial charge in [-0.25, -0.2) is 0 Å². The Hall–Kier alpha value is -2.15. The van der Waals surface area contributed by atoms with E-state index in [-0.39, 0.29) is 17.7 Å². The smallest absolute Gasteiger partial charge is 0.228 e. The lowest BCUT2D eigenvalue weighted by molar-refractivity contribution is -0.131. The molecule has 2 N–H and O–H groups in total. The van der Waals surface area contributed by atoms with Crippen molar-refractivity contribution in [1.82, 2.24) is 10.2 Å². The number of anilines is 2. The molecule has 0 atom stereocenters. The number of para-hydroxylation sites is 2. The fraction of sp³-hybridized carbons (Fsp3) is 0.500. The first-order chi connectivity index (χ1) is 11.9. The number of carbonyl (C=O) groups is 2. The quantitative estimate of drug-likeness (QED) is 0.804. The van der Waals surface area contributed by atoms with Crippen LogP contribution < -0.4 is 15.5 Å². The van der Waals surface area contributed by atoms with E-state index in [9.17, 15) is 9.59 Å². The Morgan fingerprint density at radius 1 is 1.16 bits per heavy atom. The summed E-state index contributed by atoms with van der Waals surface area (Å²) in [5.74, 6) is -0.0375. The molecule has 1 aliphatic heterocycles. The molecule has 0 radical (unpaired) electrons. The maximum Gasteiger partial charge on any atom is 0.228 e. The Bertz CT molecular complexity index is 640. The highest BCUT2D eigenvalue weighted by Gasteiger charge is 2.21. The van der Waals surface area contributed by atoms with Crippen LogP contribution in [0.25, 0.3) is 0 Å². The van der Waals surface area contributed by atoms with Crippen molar-refractivity contribution in [3.05, 3.63) is 24.3 Å². The van der Waals surface area contributed by atoms with Gasteiger partial charge < -0.3 is 20.4 Å². The number of hydrogen-bond acceptors (Lipinski definition) is 4. The Balaban J connectivity index is 2.02. The van der Waals surface area contributed by atoms with Crippen molar-refractivity contribution in [3.63, 3.8) is 0 Å². The van der Waals surface area contributed by atoms with Gasteiger partial charge in [0.25, 0.3) is 0 Å². The highest BCUT2D eigenvalue weighted by Crippen LogP contribution is 2.26. The summed E-state index contributed by atoms with van der Waals surface area (Å²) >= 11 is 5.25. The van der Waals surface area contributed by atoms with Crippen LogP contribution in [-0.4, -0.2) is 48.0 Å².